The molecule has 4 saturated heterocycles. The Labute approximate surface area is 179 Å². The van der Waals surface area contributed by atoms with Crippen LogP contribution in [0.1, 0.15) is 52.0 Å². The van der Waals surface area contributed by atoms with E-state index in [4.69, 9.17) is 14.5 Å². The minimum absolute atomic E-state index is 0.00737. The monoisotopic (exact) mass is 462 g/mol. The highest BCUT2D eigenvalue weighted by atomic mass is 79.9. The maximum absolute atomic E-state index is 13.4. The van der Waals surface area contributed by atoms with E-state index < -0.39 is 17.6 Å². The minimum atomic E-state index is -0.857. The molecule has 1 aliphatic carbocycles. The molecule has 156 valence electrons. The first-order valence-electron chi connectivity index (χ1n) is 10.5. The first-order valence-corrected chi connectivity index (χ1v) is 11.3. The maximum atomic E-state index is 13.4. The summed E-state index contributed by atoms with van der Waals surface area (Å²) in [4.78, 5) is 25.4. The van der Waals surface area contributed by atoms with Crippen molar-refractivity contribution in [2.24, 2.45) is 28.8 Å². The number of carbonyl (C=O) groups is 1. The second-order valence-electron chi connectivity index (χ2n) is 9.20. The van der Waals surface area contributed by atoms with Crippen LogP contribution < -0.4 is 0 Å². The smallest absolute Gasteiger partial charge is 0.248 e. The topological polar surface area (TPSA) is 60.4 Å². The van der Waals surface area contributed by atoms with Crippen molar-refractivity contribution in [2.75, 3.05) is 0 Å². The van der Waals surface area contributed by atoms with Crippen LogP contribution in [0.25, 0.3) is 0 Å². The zero-order chi connectivity index (χ0) is 20.4. The Morgan fingerprint density at radius 1 is 1.14 bits per heavy atom. The van der Waals surface area contributed by atoms with E-state index >= 15 is 0 Å². The number of nitrogens with zero attached hydrogens (tertiary/aromatic N) is 2. The van der Waals surface area contributed by atoms with Gasteiger partial charge in [-0.05, 0) is 55.7 Å². The van der Waals surface area contributed by atoms with E-state index in [1.165, 1.54) is 5.01 Å². The van der Waals surface area contributed by atoms with Gasteiger partial charge in [0.2, 0.25) is 11.7 Å². The van der Waals surface area contributed by atoms with Gasteiger partial charge in [0.05, 0.1) is 6.21 Å². The van der Waals surface area contributed by atoms with Crippen molar-refractivity contribution in [3.63, 3.8) is 0 Å². The number of ether oxygens (including phenoxy) is 1. The molecular formula is C22H27BrN2O4. The van der Waals surface area contributed by atoms with Crippen LogP contribution in [-0.2, 0) is 19.3 Å². The van der Waals surface area contributed by atoms with Crippen molar-refractivity contribution in [2.45, 2.75) is 64.1 Å². The number of carbonyl (C=O) groups excluding carboxylic acids is 1. The van der Waals surface area contributed by atoms with Crippen LogP contribution in [0.2, 0.25) is 0 Å². The van der Waals surface area contributed by atoms with Gasteiger partial charge < -0.3 is 4.74 Å². The Hall–Kier alpha value is -1.28. The van der Waals surface area contributed by atoms with E-state index in [2.05, 4.69) is 28.0 Å². The van der Waals surface area contributed by atoms with Gasteiger partial charge in [-0.1, -0.05) is 41.9 Å². The summed E-state index contributed by atoms with van der Waals surface area (Å²) in [6.07, 6.45) is 4.91. The zero-order valence-corrected chi connectivity index (χ0v) is 18.6. The summed E-state index contributed by atoms with van der Waals surface area (Å²) in [6.45, 7) is 6.18. The molecule has 1 amide bonds. The van der Waals surface area contributed by atoms with Gasteiger partial charge in [0.25, 0.3) is 0 Å². The second-order valence-corrected chi connectivity index (χ2v) is 10.1. The zero-order valence-electron chi connectivity index (χ0n) is 17.0. The van der Waals surface area contributed by atoms with Crippen molar-refractivity contribution in [1.29, 1.82) is 0 Å². The third kappa shape index (κ3) is 2.92. The third-order valence-electron chi connectivity index (χ3n) is 7.44. The molecule has 6 nitrogen and oxygen atoms in total. The van der Waals surface area contributed by atoms with Crippen molar-refractivity contribution in [1.82, 2.24) is 5.01 Å². The summed E-state index contributed by atoms with van der Waals surface area (Å²) < 4.78 is 7.45. The Morgan fingerprint density at radius 3 is 2.66 bits per heavy atom. The third-order valence-corrected chi connectivity index (χ3v) is 7.97. The average Bonchev–Trinajstić information content (AvgIpc) is 2.94. The summed E-state index contributed by atoms with van der Waals surface area (Å²) in [5.41, 5.74) is 0.252. The van der Waals surface area contributed by atoms with Crippen LogP contribution in [0.3, 0.4) is 0 Å². The van der Waals surface area contributed by atoms with E-state index in [0.717, 1.165) is 35.7 Å². The van der Waals surface area contributed by atoms with Crippen LogP contribution in [-0.4, -0.2) is 34.7 Å². The molecule has 0 unspecified atom stereocenters. The Balaban J connectivity index is 1.58. The van der Waals surface area contributed by atoms with E-state index in [0.29, 0.717) is 5.92 Å². The fourth-order valence-corrected chi connectivity index (χ4v) is 6.09. The summed E-state index contributed by atoms with van der Waals surface area (Å²) in [5, 5.41) is 6.15. The number of rotatable bonds is 2. The van der Waals surface area contributed by atoms with E-state index in [1.807, 2.05) is 38.1 Å². The molecule has 1 saturated carbocycles. The molecule has 4 aliphatic heterocycles. The molecule has 7 atom stereocenters. The van der Waals surface area contributed by atoms with Crippen molar-refractivity contribution < 1.29 is 19.3 Å². The van der Waals surface area contributed by atoms with E-state index in [1.54, 1.807) is 6.21 Å². The molecule has 0 N–H and O–H groups in total. The lowest BCUT2D eigenvalue weighted by molar-refractivity contribution is -0.547. The Morgan fingerprint density at radius 2 is 1.90 bits per heavy atom. The first kappa shape index (κ1) is 19.7. The molecule has 1 aromatic rings. The molecule has 4 heterocycles. The molecule has 5 fully saturated rings. The van der Waals surface area contributed by atoms with Crippen LogP contribution in [0.15, 0.2) is 33.8 Å². The quantitative estimate of drug-likeness (QED) is 0.480. The lowest BCUT2D eigenvalue weighted by atomic mass is 9.57. The van der Waals surface area contributed by atoms with Crippen LogP contribution in [0.5, 0.6) is 0 Å². The normalized spacial score (nSPS) is 44.1. The Kier molecular flexibility index (Phi) is 4.66. The second kappa shape index (κ2) is 6.87. The van der Waals surface area contributed by atoms with Crippen molar-refractivity contribution >= 4 is 28.1 Å². The van der Waals surface area contributed by atoms with Crippen LogP contribution in [0, 0.1) is 23.7 Å². The van der Waals surface area contributed by atoms with Crippen molar-refractivity contribution in [3.8, 4) is 0 Å². The van der Waals surface area contributed by atoms with Gasteiger partial charge in [-0.3, -0.25) is 4.79 Å². The van der Waals surface area contributed by atoms with Gasteiger partial charge in [-0.25, -0.2) is 14.8 Å². The fourth-order valence-electron chi connectivity index (χ4n) is 5.83. The first-order chi connectivity index (χ1) is 13.8. The van der Waals surface area contributed by atoms with Gasteiger partial charge in [-0.2, -0.15) is 5.10 Å². The number of benzene rings is 1. The minimum Gasteiger partial charge on any atom is -0.319 e. The highest BCUT2D eigenvalue weighted by molar-refractivity contribution is 9.10. The standard InChI is InChI=1S/C22H27BrN2O4/c1-13-4-9-18-14(2)19(26)25(24-12-15-5-7-16(23)8-6-15)20-22(18)17(13)10-11-21(3,27-20)28-29-22/h5-8,12-14,17-18,20H,4,9-11H2,1-3H3/b24-12+/t13-,14-,17+,18+,20-,21-,22-/m1/s1. The molecule has 7 heteroatoms. The van der Waals surface area contributed by atoms with Gasteiger partial charge in [0, 0.05) is 22.7 Å². The van der Waals surface area contributed by atoms with Crippen LogP contribution in [0.4, 0.5) is 0 Å². The molecule has 29 heavy (non-hydrogen) atoms. The highest BCUT2D eigenvalue weighted by Gasteiger charge is 2.70. The molecule has 2 bridgehead atoms. The highest BCUT2D eigenvalue weighted by Crippen LogP contribution is 2.60. The lowest BCUT2D eigenvalue weighted by Crippen LogP contribution is -2.74. The summed E-state index contributed by atoms with van der Waals surface area (Å²) in [6, 6.07) is 7.83. The summed E-state index contributed by atoms with van der Waals surface area (Å²) in [7, 11) is 0. The summed E-state index contributed by atoms with van der Waals surface area (Å²) >= 11 is 3.45. The molecule has 6 rings (SSSR count). The van der Waals surface area contributed by atoms with Gasteiger partial charge in [0.15, 0.2) is 11.8 Å². The molecule has 5 aliphatic rings. The maximum Gasteiger partial charge on any atom is 0.248 e. The molecule has 0 aromatic heterocycles. The predicted molar refractivity (Wildman–Crippen MR) is 111 cm³/mol. The van der Waals surface area contributed by atoms with E-state index in [9.17, 15) is 4.79 Å². The lowest BCUT2D eigenvalue weighted by Gasteiger charge is -2.60. The molecular weight excluding hydrogens is 436 g/mol. The molecule has 0 radical (unpaired) electrons. The van der Waals surface area contributed by atoms with Crippen molar-refractivity contribution in [3.05, 3.63) is 34.3 Å². The number of hydrogen-bond acceptors (Lipinski definition) is 5. The Bertz CT molecular complexity index is 846. The molecule has 1 spiro atoms. The number of hydrogen-bond donors (Lipinski definition) is 0. The number of amides is 1. The number of fused-ring (bicyclic) bond motifs is 2. The number of hydrazone groups is 1. The molecule has 1 aromatic carbocycles. The van der Waals surface area contributed by atoms with E-state index in [-0.39, 0.29) is 23.7 Å². The number of piperidine rings is 1. The average molecular weight is 463 g/mol. The van der Waals surface area contributed by atoms with Gasteiger partial charge >= 0.3 is 0 Å². The SMILES string of the molecule is C[C@@H]1CC[C@H]2[C@@H](C)C(=O)N(/N=C/c3ccc(Br)cc3)[C@@H]3O[C@@]4(C)CC[C@@H]1[C@@]23OO4. The summed E-state index contributed by atoms with van der Waals surface area (Å²) in [5.74, 6) is -0.229. The van der Waals surface area contributed by atoms with Crippen LogP contribution >= 0.6 is 15.9 Å². The number of halogens is 1. The fraction of sp³-hybridized carbons (Fsp3) is 0.636. The van der Waals surface area contributed by atoms with Gasteiger partial charge in [-0.15, -0.1) is 0 Å². The van der Waals surface area contributed by atoms with Gasteiger partial charge in [0.1, 0.15) is 0 Å². The predicted octanol–water partition coefficient (Wildman–Crippen LogP) is 4.48. The largest absolute Gasteiger partial charge is 0.319 e.